The molecule has 33 heavy (non-hydrogen) atoms. The highest BCUT2D eigenvalue weighted by atomic mass is 16.6. The molecule has 3 rings (SSSR count). The third-order valence-corrected chi connectivity index (χ3v) is 6.23. The van der Waals surface area contributed by atoms with Crippen LogP contribution in [0.3, 0.4) is 0 Å². The summed E-state index contributed by atoms with van der Waals surface area (Å²) < 4.78 is 5.02. The van der Waals surface area contributed by atoms with Crippen molar-refractivity contribution in [2.45, 2.75) is 51.4 Å². The van der Waals surface area contributed by atoms with Gasteiger partial charge in [-0.25, -0.2) is 4.79 Å². The van der Waals surface area contributed by atoms with Gasteiger partial charge in [0.05, 0.1) is 5.56 Å². The van der Waals surface area contributed by atoms with E-state index in [9.17, 15) is 9.59 Å². The smallest absolute Gasteiger partial charge is 0.338 e. The number of ether oxygens (including phenoxy) is 1. The number of hydrogen-bond acceptors (Lipinski definition) is 5. The fourth-order valence-corrected chi connectivity index (χ4v) is 4.15. The number of fused-ring (bicyclic) bond motifs is 1. The largest absolute Gasteiger partial charge is 0.458 e. The number of anilines is 1. The fraction of sp³-hybridized carbons (Fsp3) is 0.370. The van der Waals surface area contributed by atoms with Gasteiger partial charge in [-0.3, -0.25) is 4.79 Å². The summed E-state index contributed by atoms with van der Waals surface area (Å²) in [4.78, 5) is 30.0. The number of oxime groups is 1. The van der Waals surface area contributed by atoms with Crippen LogP contribution in [0.1, 0.15) is 67.6 Å². The standard InChI is InChI=1S/C27H32N2O4/c1-7-16-33-25(31)18-8-11-20(12-9-18)28-24(30)23(29-32-6)19-10-13-21-22(17-19)27(4,5)15-14-26(21,2)3/h7-13,17H,1,14-16H2,2-6H3,(H,28,30). The zero-order valence-electron chi connectivity index (χ0n) is 20.0. The lowest BCUT2D eigenvalue weighted by Gasteiger charge is -2.42. The number of carbonyl (C=O) groups is 2. The fourth-order valence-electron chi connectivity index (χ4n) is 4.15. The van der Waals surface area contributed by atoms with E-state index in [4.69, 9.17) is 9.57 Å². The first-order valence-corrected chi connectivity index (χ1v) is 11.0. The first-order chi connectivity index (χ1) is 15.6. The summed E-state index contributed by atoms with van der Waals surface area (Å²) in [5.41, 5.74) is 4.43. The Morgan fingerprint density at radius 3 is 2.21 bits per heavy atom. The molecular weight excluding hydrogens is 416 g/mol. The van der Waals surface area contributed by atoms with Crippen molar-refractivity contribution < 1.29 is 19.2 Å². The van der Waals surface area contributed by atoms with E-state index in [2.05, 4.69) is 56.9 Å². The topological polar surface area (TPSA) is 77.0 Å². The van der Waals surface area contributed by atoms with Crippen molar-refractivity contribution in [1.82, 2.24) is 0 Å². The quantitative estimate of drug-likeness (QED) is 0.267. The van der Waals surface area contributed by atoms with Gasteiger partial charge in [0.1, 0.15) is 13.7 Å². The Balaban J connectivity index is 1.85. The number of hydrogen-bond donors (Lipinski definition) is 1. The monoisotopic (exact) mass is 448 g/mol. The average molecular weight is 449 g/mol. The van der Waals surface area contributed by atoms with Crippen LogP contribution in [0.4, 0.5) is 5.69 Å². The number of nitrogens with zero attached hydrogens (tertiary/aromatic N) is 1. The molecule has 6 nitrogen and oxygen atoms in total. The molecule has 1 aliphatic rings. The van der Waals surface area contributed by atoms with Gasteiger partial charge in [-0.1, -0.05) is 57.6 Å². The van der Waals surface area contributed by atoms with E-state index < -0.39 is 11.9 Å². The molecule has 0 atom stereocenters. The molecule has 174 valence electrons. The summed E-state index contributed by atoms with van der Waals surface area (Å²) in [5, 5.41) is 6.86. The van der Waals surface area contributed by atoms with Gasteiger partial charge < -0.3 is 14.9 Å². The minimum atomic E-state index is -0.450. The van der Waals surface area contributed by atoms with Crippen molar-refractivity contribution in [2.75, 3.05) is 19.0 Å². The number of carbonyl (C=O) groups excluding carboxylic acids is 2. The van der Waals surface area contributed by atoms with E-state index in [1.165, 1.54) is 24.3 Å². The lowest BCUT2D eigenvalue weighted by atomic mass is 9.63. The van der Waals surface area contributed by atoms with Crippen molar-refractivity contribution in [2.24, 2.45) is 5.16 Å². The minimum absolute atomic E-state index is 0.00552. The van der Waals surface area contributed by atoms with Crippen LogP contribution in [0.15, 0.2) is 60.3 Å². The van der Waals surface area contributed by atoms with E-state index in [-0.39, 0.29) is 23.1 Å². The molecule has 0 heterocycles. The number of esters is 1. The van der Waals surface area contributed by atoms with Crippen LogP contribution in [0.5, 0.6) is 0 Å². The van der Waals surface area contributed by atoms with E-state index >= 15 is 0 Å². The minimum Gasteiger partial charge on any atom is -0.458 e. The number of nitrogens with one attached hydrogen (secondary N) is 1. The Bertz CT molecular complexity index is 1080. The summed E-state index contributed by atoms with van der Waals surface area (Å²) in [6, 6.07) is 12.6. The first-order valence-electron chi connectivity index (χ1n) is 11.0. The van der Waals surface area contributed by atoms with Gasteiger partial charge >= 0.3 is 5.97 Å². The zero-order valence-corrected chi connectivity index (χ0v) is 20.0. The molecule has 1 N–H and O–H groups in total. The van der Waals surface area contributed by atoms with Crippen LogP contribution < -0.4 is 5.32 Å². The van der Waals surface area contributed by atoms with E-state index in [0.717, 1.165) is 12.8 Å². The predicted molar refractivity (Wildman–Crippen MR) is 131 cm³/mol. The molecule has 0 bridgehead atoms. The van der Waals surface area contributed by atoms with Crippen LogP contribution in [-0.4, -0.2) is 31.3 Å². The van der Waals surface area contributed by atoms with Crippen LogP contribution in [0.2, 0.25) is 0 Å². The molecule has 1 amide bonds. The van der Waals surface area contributed by atoms with Crippen LogP contribution in [-0.2, 0) is 25.2 Å². The van der Waals surface area contributed by atoms with Gasteiger partial charge in [-0.05, 0) is 65.1 Å². The molecule has 2 aromatic rings. The molecule has 0 aliphatic heterocycles. The lowest BCUT2D eigenvalue weighted by Crippen LogP contribution is -2.34. The van der Waals surface area contributed by atoms with E-state index in [0.29, 0.717) is 16.8 Å². The van der Waals surface area contributed by atoms with Crippen molar-refractivity contribution in [3.63, 3.8) is 0 Å². The Hall–Kier alpha value is -3.41. The normalized spacial score (nSPS) is 16.3. The average Bonchev–Trinajstić information content (AvgIpc) is 2.79. The second kappa shape index (κ2) is 9.61. The van der Waals surface area contributed by atoms with Crippen LogP contribution in [0, 0.1) is 0 Å². The summed E-state index contributed by atoms with van der Waals surface area (Å²) in [6.45, 7) is 12.7. The van der Waals surface area contributed by atoms with Gasteiger partial charge in [-0.15, -0.1) is 0 Å². The van der Waals surface area contributed by atoms with Crippen LogP contribution >= 0.6 is 0 Å². The molecule has 0 aromatic heterocycles. The van der Waals surface area contributed by atoms with E-state index in [1.54, 1.807) is 24.3 Å². The molecule has 0 saturated heterocycles. The van der Waals surface area contributed by atoms with Gasteiger partial charge in [-0.2, -0.15) is 0 Å². The summed E-state index contributed by atoms with van der Waals surface area (Å²) in [7, 11) is 1.42. The van der Waals surface area contributed by atoms with Crippen molar-refractivity contribution >= 4 is 23.3 Å². The molecule has 0 fully saturated rings. The first kappa shape index (κ1) is 24.2. The maximum absolute atomic E-state index is 13.1. The van der Waals surface area contributed by atoms with Gasteiger partial charge in [0, 0.05) is 11.3 Å². The Morgan fingerprint density at radius 2 is 1.61 bits per heavy atom. The van der Waals surface area contributed by atoms with Crippen molar-refractivity contribution in [1.29, 1.82) is 0 Å². The molecule has 0 radical (unpaired) electrons. The van der Waals surface area contributed by atoms with Crippen molar-refractivity contribution in [3.8, 4) is 0 Å². The maximum atomic E-state index is 13.1. The van der Waals surface area contributed by atoms with E-state index in [1.807, 2.05) is 6.07 Å². The van der Waals surface area contributed by atoms with Gasteiger partial charge in [0.2, 0.25) is 0 Å². The summed E-state index contributed by atoms with van der Waals surface area (Å²) in [6.07, 6.45) is 3.69. The van der Waals surface area contributed by atoms with Crippen molar-refractivity contribution in [3.05, 3.63) is 77.4 Å². The SMILES string of the molecule is C=CCOC(=O)c1ccc(NC(=O)C(=NOC)c2ccc3c(c2)C(C)(C)CCC3(C)C)cc1. The molecule has 0 saturated carbocycles. The Kier molecular flexibility index (Phi) is 7.06. The summed E-state index contributed by atoms with van der Waals surface area (Å²) in [5.74, 6) is -0.847. The van der Waals surface area contributed by atoms with Gasteiger partial charge in [0.25, 0.3) is 5.91 Å². The molecule has 0 unspecified atom stereocenters. The molecule has 0 spiro atoms. The number of amides is 1. The van der Waals surface area contributed by atoms with Crippen LogP contribution in [0.25, 0.3) is 0 Å². The van der Waals surface area contributed by atoms with Gasteiger partial charge in [0.15, 0.2) is 5.71 Å². The molecular formula is C27H32N2O4. The molecule has 1 aliphatic carbocycles. The second-order valence-corrected chi connectivity index (χ2v) is 9.57. The number of rotatable bonds is 7. The Morgan fingerprint density at radius 1 is 1.00 bits per heavy atom. The second-order valence-electron chi connectivity index (χ2n) is 9.57. The highest BCUT2D eigenvalue weighted by Crippen LogP contribution is 2.45. The highest BCUT2D eigenvalue weighted by molar-refractivity contribution is 6.48. The molecule has 2 aromatic carbocycles. The third-order valence-electron chi connectivity index (χ3n) is 6.23. The predicted octanol–water partition coefficient (Wildman–Crippen LogP) is 5.37. The summed E-state index contributed by atoms with van der Waals surface area (Å²) >= 11 is 0. The highest BCUT2D eigenvalue weighted by Gasteiger charge is 2.37. The Labute approximate surface area is 195 Å². The maximum Gasteiger partial charge on any atom is 0.338 e. The molecule has 6 heteroatoms. The number of benzene rings is 2. The lowest BCUT2D eigenvalue weighted by molar-refractivity contribution is -0.110. The zero-order chi connectivity index (χ0) is 24.2. The third kappa shape index (κ3) is 5.33.